The van der Waals surface area contributed by atoms with Gasteiger partial charge in [0.25, 0.3) is 0 Å². The van der Waals surface area contributed by atoms with Crippen molar-refractivity contribution in [3.8, 4) is 0 Å². The van der Waals surface area contributed by atoms with Crippen LogP contribution in [0.25, 0.3) is 0 Å². The molecule has 0 spiro atoms. The Hall–Kier alpha value is -1.50. The van der Waals surface area contributed by atoms with Gasteiger partial charge < -0.3 is 5.11 Å². The maximum absolute atomic E-state index is 13.1. The van der Waals surface area contributed by atoms with E-state index in [2.05, 4.69) is 0 Å². The van der Waals surface area contributed by atoms with E-state index < -0.39 is 40.0 Å². The van der Waals surface area contributed by atoms with Gasteiger partial charge in [-0.25, -0.2) is 17.2 Å². The average molecular weight is 264 g/mol. The zero-order valence-corrected chi connectivity index (χ0v) is 9.45. The van der Waals surface area contributed by atoms with E-state index in [0.29, 0.717) is 0 Å². The second-order valence-electron chi connectivity index (χ2n) is 3.43. The molecule has 1 aromatic rings. The second kappa shape index (κ2) is 5.22. The Morgan fingerprint density at radius 3 is 2.29 bits per heavy atom. The summed E-state index contributed by atoms with van der Waals surface area (Å²) < 4.78 is 48.8. The van der Waals surface area contributed by atoms with E-state index in [1.54, 1.807) is 0 Å². The Labute approximate surface area is 96.8 Å². The molecular formula is C10H10F2O4S. The molecule has 0 heterocycles. The fourth-order valence-corrected chi connectivity index (χ4v) is 2.56. The van der Waals surface area contributed by atoms with Crippen molar-refractivity contribution < 1.29 is 27.1 Å². The molecule has 0 aliphatic heterocycles. The van der Waals surface area contributed by atoms with Crippen LogP contribution in [-0.4, -0.2) is 31.4 Å². The topological polar surface area (TPSA) is 71.4 Å². The summed E-state index contributed by atoms with van der Waals surface area (Å²) in [5, 5.41) is 8.30. The quantitative estimate of drug-likeness (QED) is 0.816. The van der Waals surface area contributed by atoms with Crippen molar-refractivity contribution in [2.24, 2.45) is 0 Å². The third-order valence-corrected chi connectivity index (χ3v) is 3.76. The molecular weight excluding hydrogens is 254 g/mol. The first-order valence-electron chi connectivity index (χ1n) is 4.65. The number of halogens is 2. The Bertz CT molecular complexity index is 496. The highest BCUT2D eigenvalue weighted by Gasteiger charge is 2.22. The SMILES string of the molecule is O=C(O)CC(F)CS(=O)(=O)c1ccc(F)cc1. The third kappa shape index (κ3) is 4.10. The number of rotatable bonds is 5. The van der Waals surface area contributed by atoms with Gasteiger partial charge >= 0.3 is 5.97 Å². The monoisotopic (exact) mass is 264 g/mol. The molecule has 1 aromatic carbocycles. The van der Waals surface area contributed by atoms with Crippen LogP contribution >= 0.6 is 0 Å². The molecule has 0 aromatic heterocycles. The van der Waals surface area contributed by atoms with Crippen molar-refractivity contribution in [2.45, 2.75) is 17.5 Å². The Morgan fingerprint density at radius 2 is 1.82 bits per heavy atom. The molecule has 4 nitrogen and oxygen atoms in total. The highest BCUT2D eigenvalue weighted by atomic mass is 32.2. The van der Waals surface area contributed by atoms with Gasteiger partial charge in [-0.1, -0.05) is 0 Å². The smallest absolute Gasteiger partial charge is 0.306 e. The van der Waals surface area contributed by atoms with E-state index in [4.69, 9.17) is 5.11 Å². The van der Waals surface area contributed by atoms with Gasteiger partial charge in [-0.15, -0.1) is 0 Å². The Morgan fingerprint density at radius 1 is 1.29 bits per heavy atom. The second-order valence-corrected chi connectivity index (χ2v) is 5.46. The van der Waals surface area contributed by atoms with E-state index in [-0.39, 0.29) is 4.90 Å². The summed E-state index contributed by atoms with van der Waals surface area (Å²) in [7, 11) is -3.93. The normalized spacial score (nSPS) is 13.3. The number of carboxylic acid groups (broad SMARTS) is 1. The number of benzene rings is 1. The molecule has 0 saturated carbocycles. The summed E-state index contributed by atoms with van der Waals surface area (Å²) in [5.74, 6) is -2.94. The Balaban J connectivity index is 2.82. The molecule has 94 valence electrons. The van der Waals surface area contributed by atoms with E-state index in [1.165, 1.54) is 0 Å². The fourth-order valence-electron chi connectivity index (χ4n) is 1.22. The summed E-state index contributed by atoms with van der Waals surface area (Å²) in [5.41, 5.74) is 0. The van der Waals surface area contributed by atoms with Crippen LogP contribution in [-0.2, 0) is 14.6 Å². The molecule has 1 N–H and O–H groups in total. The molecule has 17 heavy (non-hydrogen) atoms. The molecule has 0 radical (unpaired) electrons. The highest BCUT2D eigenvalue weighted by Crippen LogP contribution is 2.15. The maximum atomic E-state index is 13.1. The first-order valence-corrected chi connectivity index (χ1v) is 6.30. The van der Waals surface area contributed by atoms with Gasteiger partial charge in [0.05, 0.1) is 17.1 Å². The average Bonchev–Trinajstić information content (AvgIpc) is 2.15. The van der Waals surface area contributed by atoms with Crippen LogP contribution in [0.5, 0.6) is 0 Å². The van der Waals surface area contributed by atoms with Crippen LogP contribution in [0.15, 0.2) is 29.2 Å². The van der Waals surface area contributed by atoms with Gasteiger partial charge in [0, 0.05) is 0 Å². The number of carboxylic acids is 1. The Kier molecular flexibility index (Phi) is 4.17. The first kappa shape index (κ1) is 13.6. The fraction of sp³-hybridized carbons (Fsp3) is 0.300. The predicted molar refractivity (Wildman–Crippen MR) is 55.6 cm³/mol. The minimum atomic E-state index is -3.93. The standard InChI is InChI=1S/C10H10F2O4S/c11-7-1-3-9(4-2-7)17(15,16)6-8(12)5-10(13)14/h1-4,8H,5-6H2,(H,13,14). The minimum absolute atomic E-state index is 0.230. The summed E-state index contributed by atoms with van der Waals surface area (Å²) in [4.78, 5) is 9.96. The lowest BCUT2D eigenvalue weighted by atomic mass is 10.3. The number of aliphatic carboxylic acids is 1. The zero-order chi connectivity index (χ0) is 13.1. The van der Waals surface area contributed by atoms with Crippen LogP contribution in [0.4, 0.5) is 8.78 Å². The molecule has 1 unspecified atom stereocenters. The number of hydrogen-bond acceptors (Lipinski definition) is 3. The van der Waals surface area contributed by atoms with Gasteiger partial charge in [-0.2, -0.15) is 0 Å². The van der Waals surface area contributed by atoms with Crippen LogP contribution < -0.4 is 0 Å². The molecule has 1 atom stereocenters. The zero-order valence-electron chi connectivity index (χ0n) is 8.64. The van der Waals surface area contributed by atoms with Crippen LogP contribution in [0.2, 0.25) is 0 Å². The lowest BCUT2D eigenvalue weighted by Crippen LogP contribution is -2.20. The molecule has 1 rings (SSSR count). The van der Waals surface area contributed by atoms with Crippen LogP contribution in [0.1, 0.15) is 6.42 Å². The van der Waals surface area contributed by atoms with Crippen molar-refractivity contribution in [1.29, 1.82) is 0 Å². The van der Waals surface area contributed by atoms with Gasteiger partial charge in [-0.3, -0.25) is 4.79 Å². The molecule has 0 amide bonds. The van der Waals surface area contributed by atoms with Gasteiger partial charge in [0.15, 0.2) is 9.84 Å². The van der Waals surface area contributed by atoms with Gasteiger partial charge in [0.2, 0.25) is 0 Å². The summed E-state index contributed by atoms with van der Waals surface area (Å²) in [6, 6.07) is 3.91. The predicted octanol–water partition coefficient (Wildman–Crippen LogP) is 1.41. The number of hydrogen-bond donors (Lipinski definition) is 1. The molecule has 0 aliphatic rings. The lowest BCUT2D eigenvalue weighted by molar-refractivity contribution is -0.138. The first-order chi connectivity index (χ1) is 7.81. The molecule has 0 saturated heterocycles. The summed E-state index contributed by atoms with van der Waals surface area (Å²) in [6.07, 6.45) is -2.86. The van der Waals surface area contributed by atoms with Gasteiger partial charge in [-0.05, 0) is 24.3 Å². The van der Waals surface area contributed by atoms with E-state index >= 15 is 0 Å². The molecule has 0 aliphatic carbocycles. The highest BCUT2D eigenvalue weighted by molar-refractivity contribution is 7.91. The summed E-state index contributed by atoms with van der Waals surface area (Å²) >= 11 is 0. The molecule has 7 heteroatoms. The summed E-state index contributed by atoms with van der Waals surface area (Å²) in [6.45, 7) is 0. The largest absolute Gasteiger partial charge is 0.481 e. The molecule has 0 fully saturated rings. The number of alkyl halides is 1. The van der Waals surface area contributed by atoms with E-state index in [0.717, 1.165) is 24.3 Å². The van der Waals surface area contributed by atoms with E-state index in [9.17, 15) is 22.0 Å². The van der Waals surface area contributed by atoms with Crippen LogP contribution in [0, 0.1) is 5.82 Å². The molecule has 0 bridgehead atoms. The number of carbonyl (C=O) groups is 1. The van der Waals surface area contributed by atoms with Crippen molar-refractivity contribution in [3.63, 3.8) is 0 Å². The van der Waals surface area contributed by atoms with Crippen molar-refractivity contribution >= 4 is 15.8 Å². The minimum Gasteiger partial charge on any atom is -0.481 e. The third-order valence-electron chi connectivity index (χ3n) is 1.97. The van der Waals surface area contributed by atoms with E-state index in [1.807, 2.05) is 0 Å². The van der Waals surface area contributed by atoms with Crippen molar-refractivity contribution in [1.82, 2.24) is 0 Å². The lowest BCUT2D eigenvalue weighted by Gasteiger charge is -2.07. The van der Waals surface area contributed by atoms with Gasteiger partial charge in [0.1, 0.15) is 12.0 Å². The van der Waals surface area contributed by atoms with Crippen LogP contribution in [0.3, 0.4) is 0 Å². The van der Waals surface area contributed by atoms with Crippen molar-refractivity contribution in [2.75, 3.05) is 5.75 Å². The number of sulfone groups is 1. The van der Waals surface area contributed by atoms with Crippen molar-refractivity contribution in [3.05, 3.63) is 30.1 Å². The maximum Gasteiger partial charge on any atom is 0.306 e.